The van der Waals surface area contributed by atoms with E-state index in [1.807, 2.05) is 6.92 Å². The van der Waals surface area contributed by atoms with Gasteiger partial charge in [-0.25, -0.2) is 0 Å². The number of carbonyl (C=O) groups is 1. The molecule has 4 saturated carbocycles. The van der Waals surface area contributed by atoms with Gasteiger partial charge in [0, 0.05) is 11.8 Å². The molecule has 4 bridgehead atoms. The molecule has 4 fully saturated rings. The fraction of sp³-hybridized carbons (Fsp3) is 0.786. The molecule has 88 valence electrons. The van der Waals surface area contributed by atoms with Gasteiger partial charge in [-0.2, -0.15) is 0 Å². The van der Waals surface area contributed by atoms with Crippen molar-refractivity contribution in [3.63, 3.8) is 0 Å². The summed E-state index contributed by atoms with van der Waals surface area (Å²) in [7, 11) is 0. The average Bonchev–Trinajstić information content (AvgIpc) is 2.20. The topological polar surface area (TPSA) is 37.3 Å². The molecular formula is C14H20O2. The second-order valence-corrected chi connectivity index (χ2v) is 6.28. The zero-order valence-electron chi connectivity index (χ0n) is 9.91. The van der Waals surface area contributed by atoms with Gasteiger partial charge >= 0.3 is 0 Å². The molecule has 0 aromatic heterocycles. The Kier molecular flexibility index (Phi) is 2.10. The van der Waals surface area contributed by atoms with E-state index in [-0.39, 0.29) is 17.8 Å². The van der Waals surface area contributed by atoms with Crippen LogP contribution in [0.1, 0.15) is 39.0 Å². The summed E-state index contributed by atoms with van der Waals surface area (Å²) < 4.78 is 0. The van der Waals surface area contributed by atoms with Gasteiger partial charge in [0.05, 0.1) is 5.60 Å². The molecule has 4 aliphatic carbocycles. The quantitative estimate of drug-likeness (QED) is 0.636. The van der Waals surface area contributed by atoms with Crippen LogP contribution in [0.2, 0.25) is 0 Å². The van der Waals surface area contributed by atoms with Crippen LogP contribution in [0.3, 0.4) is 0 Å². The minimum Gasteiger partial charge on any atom is -0.390 e. The number of allylic oxidation sites excluding steroid dienone is 1. The number of hydrogen-bond donors (Lipinski definition) is 1. The number of rotatable bonds is 0. The van der Waals surface area contributed by atoms with Crippen LogP contribution in [0.4, 0.5) is 0 Å². The van der Waals surface area contributed by atoms with Crippen molar-refractivity contribution in [2.45, 2.75) is 44.6 Å². The van der Waals surface area contributed by atoms with Crippen molar-refractivity contribution < 1.29 is 9.90 Å². The van der Waals surface area contributed by atoms with Crippen molar-refractivity contribution in [3.05, 3.63) is 12.2 Å². The predicted octanol–water partition coefficient (Wildman–Crippen LogP) is 2.32. The number of hydrogen-bond acceptors (Lipinski definition) is 2. The van der Waals surface area contributed by atoms with Crippen molar-refractivity contribution >= 4 is 5.78 Å². The van der Waals surface area contributed by atoms with Crippen LogP contribution in [-0.2, 0) is 4.79 Å². The van der Waals surface area contributed by atoms with Gasteiger partial charge in [-0.15, -0.1) is 0 Å². The third-order valence-electron chi connectivity index (χ3n) is 5.24. The summed E-state index contributed by atoms with van der Waals surface area (Å²) in [5.41, 5.74) is 0.598. The minimum atomic E-state index is -0.571. The van der Waals surface area contributed by atoms with Crippen LogP contribution >= 0.6 is 0 Å². The van der Waals surface area contributed by atoms with E-state index in [9.17, 15) is 9.90 Å². The van der Waals surface area contributed by atoms with Crippen LogP contribution in [0.5, 0.6) is 0 Å². The lowest BCUT2D eigenvalue weighted by Gasteiger charge is -2.53. The summed E-state index contributed by atoms with van der Waals surface area (Å²) in [6.45, 7) is 6.05. The zero-order chi connectivity index (χ0) is 11.5. The van der Waals surface area contributed by atoms with E-state index in [1.165, 1.54) is 5.57 Å². The van der Waals surface area contributed by atoms with E-state index in [2.05, 4.69) is 6.58 Å². The first kappa shape index (κ1) is 10.5. The number of ketones is 1. The fourth-order valence-electron chi connectivity index (χ4n) is 4.21. The Morgan fingerprint density at radius 1 is 1.19 bits per heavy atom. The maximum Gasteiger partial charge on any atom is 0.139 e. The van der Waals surface area contributed by atoms with Crippen LogP contribution in [0.15, 0.2) is 12.2 Å². The monoisotopic (exact) mass is 220 g/mol. The molecule has 2 heteroatoms. The summed E-state index contributed by atoms with van der Waals surface area (Å²) in [5, 5.41) is 10.6. The molecule has 5 atom stereocenters. The Balaban J connectivity index is 2.02. The lowest BCUT2D eigenvalue weighted by atomic mass is 9.54. The molecular weight excluding hydrogens is 200 g/mol. The van der Waals surface area contributed by atoms with Crippen molar-refractivity contribution in [3.8, 4) is 0 Å². The first-order valence-corrected chi connectivity index (χ1v) is 6.41. The van der Waals surface area contributed by atoms with Crippen molar-refractivity contribution in [1.29, 1.82) is 0 Å². The van der Waals surface area contributed by atoms with Crippen molar-refractivity contribution in [2.24, 2.45) is 23.7 Å². The maximum absolute atomic E-state index is 12.2. The number of fused-ring (bicyclic) bond motifs is 2. The number of Topliss-reactive ketones (excluding diaryl/α,β-unsaturated/α-hetero) is 1. The molecule has 0 amide bonds. The number of aliphatic hydroxyl groups is 1. The molecule has 0 aliphatic heterocycles. The van der Waals surface area contributed by atoms with Crippen LogP contribution in [-0.4, -0.2) is 16.5 Å². The molecule has 2 nitrogen and oxygen atoms in total. The lowest BCUT2D eigenvalue weighted by molar-refractivity contribution is -0.154. The Morgan fingerprint density at radius 2 is 1.81 bits per heavy atom. The SMILES string of the molecule is C=C1C[C@H]2C[C@@H]3C[C@@H](C[C@H](C1)[C@]3(C)O)C2=O. The Morgan fingerprint density at radius 3 is 2.56 bits per heavy atom. The van der Waals surface area contributed by atoms with E-state index in [4.69, 9.17) is 0 Å². The van der Waals surface area contributed by atoms with Crippen LogP contribution in [0, 0.1) is 23.7 Å². The van der Waals surface area contributed by atoms with Gasteiger partial charge in [-0.1, -0.05) is 12.2 Å². The molecule has 0 heterocycles. The molecule has 0 aromatic rings. The molecule has 0 aromatic carbocycles. The highest BCUT2D eigenvalue weighted by molar-refractivity contribution is 5.85. The summed E-state index contributed by atoms with van der Waals surface area (Å²) in [6.07, 6.45) is 4.49. The summed E-state index contributed by atoms with van der Waals surface area (Å²) >= 11 is 0. The maximum atomic E-state index is 12.2. The van der Waals surface area contributed by atoms with Gasteiger partial charge in [0.1, 0.15) is 5.78 Å². The summed E-state index contributed by atoms with van der Waals surface area (Å²) in [5.74, 6) is 1.45. The molecule has 0 unspecified atom stereocenters. The van der Waals surface area contributed by atoms with E-state index < -0.39 is 5.60 Å². The molecule has 4 aliphatic rings. The van der Waals surface area contributed by atoms with Gasteiger partial charge in [0.15, 0.2) is 0 Å². The molecule has 16 heavy (non-hydrogen) atoms. The van der Waals surface area contributed by atoms with Gasteiger partial charge in [0.2, 0.25) is 0 Å². The molecule has 4 rings (SSSR count). The van der Waals surface area contributed by atoms with Crippen molar-refractivity contribution in [2.75, 3.05) is 0 Å². The van der Waals surface area contributed by atoms with E-state index in [0.717, 1.165) is 32.1 Å². The van der Waals surface area contributed by atoms with E-state index >= 15 is 0 Å². The van der Waals surface area contributed by atoms with Gasteiger partial charge in [-0.05, 0) is 50.9 Å². The second-order valence-electron chi connectivity index (χ2n) is 6.28. The Hall–Kier alpha value is -0.630. The lowest BCUT2D eigenvalue weighted by Crippen LogP contribution is -2.55. The highest BCUT2D eigenvalue weighted by atomic mass is 16.3. The van der Waals surface area contributed by atoms with E-state index in [0.29, 0.717) is 11.7 Å². The fourth-order valence-corrected chi connectivity index (χ4v) is 4.21. The molecule has 0 saturated heterocycles. The smallest absolute Gasteiger partial charge is 0.139 e. The van der Waals surface area contributed by atoms with Crippen LogP contribution < -0.4 is 0 Å². The first-order valence-electron chi connectivity index (χ1n) is 6.41. The standard InChI is InChI=1S/C14H20O2/c1-8-3-9-5-12-7-10(13(9)15)6-11(4-8)14(12,2)16/h9-12,16H,1,3-7H2,2H3/t9-,10+,11-,12+,14-/m0/s1. The third-order valence-corrected chi connectivity index (χ3v) is 5.24. The minimum absolute atomic E-state index is 0.156. The van der Waals surface area contributed by atoms with Gasteiger partial charge in [-0.3, -0.25) is 4.79 Å². The second kappa shape index (κ2) is 3.19. The normalized spacial score (nSPS) is 51.6. The number of carbonyl (C=O) groups excluding carboxylic acids is 1. The summed E-state index contributed by atoms with van der Waals surface area (Å²) in [4.78, 5) is 12.2. The summed E-state index contributed by atoms with van der Waals surface area (Å²) in [6, 6.07) is 0. The molecule has 0 spiro atoms. The molecule has 0 radical (unpaired) electrons. The van der Waals surface area contributed by atoms with Crippen LogP contribution in [0.25, 0.3) is 0 Å². The Bertz CT molecular complexity index is 356. The third kappa shape index (κ3) is 1.32. The Labute approximate surface area is 96.7 Å². The first-order chi connectivity index (χ1) is 7.48. The highest BCUT2D eigenvalue weighted by Gasteiger charge is 2.53. The predicted molar refractivity (Wildman–Crippen MR) is 61.8 cm³/mol. The van der Waals surface area contributed by atoms with Gasteiger partial charge in [0.25, 0.3) is 0 Å². The van der Waals surface area contributed by atoms with Crippen molar-refractivity contribution in [1.82, 2.24) is 0 Å². The molecule has 1 N–H and O–H groups in total. The largest absolute Gasteiger partial charge is 0.390 e. The van der Waals surface area contributed by atoms with E-state index in [1.54, 1.807) is 0 Å². The zero-order valence-corrected chi connectivity index (χ0v) is 9.91. The highest BCUT2D eigenvalue weighted by Crippen LogP contribution is 2.53. The average molecular weight is 220 g/mol. The van der Waals surface area contributed by atoms with Gasteiger partial charge < -0.3 is 5.11 Å².